The molecule has 0 aliphatic carbocycles. The average Bonchev–Trinajstić information content (AvgIpc) is 2.32. The summed E-state index contributed by atoms with van der Waals surface area (Å²) in [4.78, 5) is 23.0. The van der Waals surface area contributed by atoms with Crippen molar-refractivity contribution in [3.63, 3.8) is 0 Å². The number of carboxylic acid groups (broad SMARTS) is 1. The van der Waals surface area contributed by atoms with E-state index in [9.17, 15) is 9.59 Å². The van der Waals surface area contributed by atoms with Gasteiger partial charge in [-0.05, 0) is 18.6 Å². The van der Waals surface area contributed by atoms with E-state index in [1.165, 1.54) is 14.0 Å². The Balaban J connectivity index is 2.74. The van der Waals surface area contributed by atoms with Gasteiger partial charge in [0.2, 0.25) is 5.91 Å². The van der Waals surface area contributed by atoms with Crippen molar-refractivity contribution in [1.29, 1.82) is 0 Å². The third-order valence-electron chi connectivity index (χ3n) is 2.63. The minimum absolute atomic E-state index is 0.0201. The highest BCUT2D eigenvalue weighted by molar-refractivity contribution is 6.31. The van der Waals surface area contributed by atoms with E-state index in [1.54, 1.807) is 24.3 Å². The summed E-state index contributed by atoms with van der Waals surface area (Å²) >= 11 is 5.94. The van der Waals surface area contributed by atoms with E-state index < -0.39 is 17.4 Å². The first-order chi connectivity index (χ1) is 8.89. The quantitative estimate of drug-likeness (QED) is 0.830. The molecule has 0 bridgehead atoms. The number of halogens is 1. The number of ether oxygens (including phenoxy) is 1. The van der Waals surface area contributed by atoms with Crippen LogP contribution in [0.3, 0.4) is 0 Å². The van der Waals surface area contributed by atoms with Crippen LogP contribution < -0.4 is 5.32 Å². The van der Waals surface area contributed by atoms with Gasteiger partial charge < -0.3 is 15.2 Å². The Morgan fingerprint density at radius 3 is 2.58 bits per heavy atom. The molecule has 104 valence electrons. The number of aliphatic carboxylic acids is 1. The zero-order valence-corrected chi connectivity index (χ0v) is 11.5. The van der Waals surface area contributed by atoms with Crippen LogP contribution in [-0.2, 0) is 20.7 Å². The van der Waals surface area contributed by atoms with Crippen LogP contribution in [0.2, 0.25) is 5.02 Å². The highest BCUT2D eigenvalue weighted by Gasteiger charge is 2.34. The molecule has 0 heterocycles. The molecule has 1 rings (SSSR count). The number of carbonyl (C=O) groups is 2. The molecule has 0 spiro atoms. The molecule has 5 nitrogen and oxygen atoms in total. The SMILES string of the molecule is COCC(C)(NC(=O)Cc1ccccc1Cl)C(=O)O. The molecule has 0 saturated carbocycles. The molecular weight excluding hydrogens is 270 g/mol. The Kier molecular flexibility index (Phi) is 5.32. The first-order valence-corrected chi connectivity index (χ1v) is 6.03. The van der Waals surface area contributed by atoms with Crippen LogP contribution >= 0.6 is 11.6 Å². The van der Waals surface area contributed by atoms with Gasteiger partial charge in [0.15, 0.2) is 5.54 Å². The van der Waals surface area contributed by atoms with E-state index in [1.807, 2.05) is 0 Å². The van der Waals surface area contributed by atoms with Crippen LogP contribution in [-0.4, -0.2) is 36.2 Å². The number of carbonyl (C=O) groups excluding carboxylic acids is 1. The van der Waals surface area contributed by atoms with Gasteiger partial charge in [0.1, 0.15) is 0 Å². The summed E-state index contributed by atoms with van der Waals surface area (Å²) in [5, 5.41) is 12.0. The van der Waals surface area contributed by atoms with Crippen molar-refractivity contribution in [2.24, 2.45) is 0 Å². The predicted octanol–water partition coefficient (Wildman–Crippen LogP) is 1.49. The van der Waals surface area contributed by atoms with E-state index in [4.69, 9.17) is 21.4 Å². The van der Waals surface area contributed by atoms with E-state index in [0.29, 0.717) is 10.6 Å². The van der Waals surface area contributed by atoms with Crippen molar-refractivity contribution in [2.45, 2.75) is 18.9 Å². The molecule has 1 amide bonds. The number of hydrogen-bond acceptors (Lipinski definition) is 3. The molecule has 0 radical (unpaired) electrons. The lowest BCUT2D eigenvalue weighted by atomic mass is 10.0. The smallest absolute Gasteiger partial charge is 0.331 e. The summed E-state index contributed by atoms with van der Waals surface area (Å²) < 4.78 is 4.82. The van der Waals surface area contributed by atoms with Crippen molar-refractivity contribution in [1.82, 2.24) is 5.32 Å². The van der Waals surface area contributed by atoms with Gasteiger partial charge in [-0.15, -0.1) is 0 Å². The second-order valence-corrected chi connectivity index (χ2v) is 4.79. The Labute approximate surface area is 116 Å². The second-order valence-electron chi connectivity index (χ2n) is 4.39. The van der Waals surface area contributed by atoms with Crippen LogP contribution in [0.15, 0.2) is 24.3 Å². The molecule has 2 N–H and O–H groups in total. The molecule has 0 aliphatic rings. The van der Waals surface area contributed by atoms with Crippen molar-refractivity contribution in [3.05, 3.63) is 34.9 Å². The number of amides is 1. The minimum atomic E-state index is -1.45. The summed E-state index contributed by atoms with van der Waals surface area (Å²) in [6, 6.07) is 6.92. The fourth-order valence-corrected chi connectivity index (χ4v) is 1.81. The number of nitrogens with one attached hydrogen (secondary N) is 1. The number of hydrogen-bond donors (Lipinski definition) is 2. The summed E-state index contributed by atoms with van der Waals surface area (Å²) in [7, 11) is 1.38. The first-order valence-electron chi connectivity index (χ1n) is 5.66. The molecule has 19 heavy (non-hydrogen) atoms. The summed E-state index contributed by atoms with van der Waals surface area (Å²) in [5.74, 6) is -1.57. The van der Waals surface area contributed by atoms with Gasteiger partial charge in [0.25, 0.3) is 0 Å². The van der Waals surface area contributed by atoms with E-state index in [-0.39, 0.29) is 13.0 Å². The van der Waals surface area contributed by atoms with Crippen molar-refractivity contribution < 1.29 is 19.4 Å². The lowest BCUT2D eigenvalue weighted by Crippen LogP contribution is -2.55. The first kappa shape index (κ1) is 15.5. The topological polar surface area (TPSA) is 75.6 Å². The summed E-state index contributed by atoms with van der Waals surface area (Å²) in [5.41, 5.74) is -0.806. The maximum Gasteiger partial charge on any atom is 0.331 e. The summed E-state index contributed by atoms with van der Waals surface area (Å²) in [6.45, 7) is 1.28. The van der Waals surface area contributed by atoms with E-state index >= 15 is 0 Å². The van der Waals surface area contributed by atoms with Crippen LogP contribution in [0.5, 0.6) is 0 Å². The average molecular weight is 286 g/mol. The fourth-order valence-electron chi connectivity index (χ4n) is 1.61. The number of benzene rings is 1. The normalized spacial score (nSPS) is 13.6. The monoisotopic (exact) mass is 285 g/mol. The van der Waals surface area contributed by atoms with Gasteiger partial charge in [-0.1, -0.05) is 29.8 Å². The second kappa shape index (κ2) is 6.54. The van der Waals surface area contributed by atoms with Gasteiger partial charge in [0.05, 0.1) is 13.0 Å². The molecule has 1 aromatic carbocycles. The van der Waals surface area contributed by atoms with Crippen molar-refractivity contribution in [3.8, 4) is 0 Å². The third kappa shape index (κ3) is 4.22. The minimum Gasteiger partial charge on any atom is -0.479 e. The Morgan fingerprint density at radius 2 is 2.05 bits per heavy atom. The fraction of sp³-hybridized carbons (Fsp3) is 0.385. The molecule has 1 aromatic rings. The zero-order valence-electron chi connectivity index (χ0n) is 10.8. The Hall–Kier alpha value is -1.59. The molecule has 1 atom stereocenters. The molecular formula is C13H16ClNO4. The van der Waals surface area contributed by atoms with Gasteiger partial charge in [-0.2, -0.15) is 0 Å². The largest absolute Gasteiger partial charge is 0.479 e. The van der Waals surface area contributed by atoms with E-state index in [0.717, 1.165) is 0 Å². The molecule has 0 aliphatic heterocycles. The molecule has 0 aromatic heterocycles. The number of methoxy groups -OCH3 is 1. The molecule has 0 saturated heterocycles. The third-order valence-corrected chi connectivity index (χ3v) is 3.00. The van der Waals surface area contributed by atoms with Gasteiger partial charge in [-0.3, -0.25) is 4.79 Å². The predicted molar refractivity (Wildman–Crippen MR) is 71.2 cm³/mol. The molecule has 6 heteroatoms. The zero-order chi connectivity index (χ0) is 14.5. The van der Waals surface area contributed by atoms with Crippen molar-refractivity contribution >= 4 is 23.5 Å². The standard InChI is InChI=1S/C13H16ClNO4/c1-13(8-19-2,12(17)18)15-11(16)7-9-5-3-4-6-10(9)14/h3-6H,7-8H2,1-2H3,(H,15,16)(H,17,18). The van der Waals surface area contributed by atoms with Crippen LogP contribution in [0, 0.1) is 0 Å². The van der Waals surface area contributed by atoms with Gasteiger partial charge in [0, 0.05) is 12.1 Å². The molecule has 1 unspecified atom stereocenters. The number of rotatable bonds is 6. The highest BCUT2D eigenvalue weighted by Crippen LogP contribution is 2.16. The Bertz CT molecular complexity index is 477. The van der Waals surface area contributed by atoms with Crippen LogP contribution in [0.25, 0.3) is 0 Å². The summed E-state index contributed by atoms with van der Waals surface area (Å²) in [6.07, 6.45) is 0.0201. The maximum atomic E-state index is 11.9. The maximum absolute atomic E-state index is 11.9. The van der Waals surface area contributed by atoms with Crippen LogP contribution in [0.1, 0.15) is 12.5 Å². The number of carboxylic acids is 1. The van der Waals surface area contributed by atoms with E-state index in [2.05, 4.69) is 5.32 Å². The Morgan fingerprint density at radius 1 is 1.42 bits per heavy atom. The van der Waals surface area contributed by atoms with Gasteiger partial charge in [-0.25, -0.2) is 4.79 Å². The van der Waals surface area contributed by atoms with Crippen molar-refractivity contribution in [2.75, 3.05) is 13.7 Å². The lowest BCUT2D eigenvalue weighted by Gasteiger charge is -2.25. The van der Waals surface area contributed by atoms with Gasteiger partial charge >= 0.3 is 5.97 Å². The lowest BCUT2D eigenvalue weighted by molar-refractivity contribution is -0.149. The van der Waals surface area contributed by atoms with Crippen LogP contribution in [0.4, 0.5) is 0 Å². The molecule has 0 fully saturated rings. The highest BCUT2D eigenvalue weighted by atomic mass is 35.5.